The fourth-order valence-corrected chi connectivity index (χ4v) is 1.04. The highest BCUT2D eigenvalue weighted by molar-refractivity contribution is 6.31. The number of benzene rings is 1. The van der Waals surface area contributed by atoms with Gasteiger partial charge in [-0.2, -0.15) is 13.2 Å². The van der Waals surface area contributed by atoms with Crippen molar-refractivity contribution in [1.82, 2.24) is 5.32 Å². The van der Waals surface area contributed by atoms with Crippen LogP contribution in [0.25, 0.3) is 0 Å². The molecule has 0 spiro atoms. The van der Waals surface area contributed by atoms with Crippen LogP contribution in [0.1, 0.15) is 5.56 Å². The first-order valence-corrected chi connectivity index (χ1v) is 3.92. The lowest BCUT2D eigenvalue weighted by molar-refractivity contribution is -0.158. The largest absolute Gasteiger partial charge is 0.457 e. The van der Waals surface area contributed by atoms with Gasteiger partial charge in [-0.15, -0.1) is 0 Å². The van der Waals surface area contributed by atoms with E-state index in [1.54, 1.807) is 24.3 Å². The van der Waals surface area contributed by atoms with E-state index >= 15 is 0 Å². The third kappa shape index (κ3) is 3.65. The van der Waals surface area contributed by atoms with Gasteiger partial charge in [0.15, 0.2) is 0 Å². The van der Waals surface area contributed by atoms with E-state index in [1.165, 1.54) is 5.32 Å². The number of halogens is 4. The summed E-state index contributed by atoms with van der Waals surface area (Å²) >= 11 is 5.65. The molecule has 0 atom stereocenters. The second-order valence-corrected chi connectivity index (χ2v) is 2.85. The minimum atomic E-state index is -4.36. The Balaban J connectivity index is 2.60. The second-order valence-electron chi connectivity index (χ2n) is 2.44. The Kier molecular flexibility index (Phi) is 3.17. The molecule has 0 bridgehead atoms. The maximum atomic E-state index is 11.7. The Hall–Kier alpha value is -0.740. The molecular weight excluding hydrogens is 203 g/mol. The smallest absolute Gasteiger partial charge is 0.224 e. The van der Waals surface area contributed by atoms with Crippen molar-refractivity contribution in [3.8, 4) is 0 Å². The van der Waals surface area contributed by atoms with Gasteiger partial charge in [-0.1, -0.05) is 29.8 Å². The first kappa shape index (κ1) is 10.3. The van der Waals surface area contributed by atoms with Crippen LogP contribution in [0.4, 0.5) is 13.2 Å². The zero-order valence-electron chi connectivity index (χ0n) is 6.53. The van der Waals surface area contributed by atoms with Gasteiger partial charge < -0.3 is 0 Å². The van der Waals surface area contributed by atoms with Crippen molar-refractivity contribution >= 4 is 11.6 Å². The van der Waals surface area contributed by atoms with Crippen molar-refractivity contribution in [2.24, 2.45) is 0 Å². The number of hydrogen-bond acceptors (Lipinski definition) is 1. The summed E-state index contributed by atoms with van der Waals surface area (Å²) in [7, 11) is 0. The molecule has 0 fully saturated rings. The Bertz CT molecular complexity index is 285. The molecule has 0 aliphatic heterocycles. The Morgan fingerprint density at radius 2 is 1.85 bits per heavy atom. The number of rotatable bonds is 2. The molecular formula is C8H7ClF3N. The molecule has 13 heavy (non-hydrogen) atoms. The minimum Gasteiger partial charge on any atom is -0.224 e. The van der Waals surface area contributed by atoms with E-state index in [4.69, 9.17) is 11.6 Å². The fourth-order valence-electron chi connectivity index (χ4n) is 0.837. The van der Waals surface area contributed by atoms with Crippen molar-refractivity contribution < 1.29 is 13.2 Å². The van der Waals surface area contributed by atoms with Crippen LogP contribution >= 0.6 is 11.6 Å². The lowest BCUT2D eigenvalue weighted by Crippen LogP contribution is -2.30. The van der Waals surface area contributed by atoms with Gasteiger partial charge in [0.1, 0.15) is 0 Å². The van der Waals surface area contributed by atoms with Gasteiger partial charge in [0, 0.05) is 11.6 Å². The third-order valence-electron chi connectivity index (χ3n) is 1.44. The lowest BCUT2D eigenvalue weighted by atomic mass is 10.2. The van der Waals surface area contributed by atoms with E-state index in [0.717, 1.165) is 0 Å². The van der Waals surface area contributed by atoms with Crippen LogP contribution in [0.15, 0.2) is 24.3 Å². The van der Waals surface area contributed by atoms with Crippen LogP contribution in [0, 0.1) is 0 Å². The Morgan fingerprint density at radius 3 is 2.38 bits per heavy atom. The van der Waals surface area contributed by atoms with E-state index in [-0.39, 0.29) is 6.54 Å². The topological polar surface area (TPSA) is 12.0 Å². The molecule has 0 heterocycles. The zero-order chi connectivity index (χ0) is 9.90. The number of nitrogens with one attached hydrogen (secondary N) is 1. The molecule has 0 aromatic heterocycles. The predicted octanol–water partition coefficient (Wildman–Crippen LogP) is 2.95. The average molecular weight is 210 g/mol. The second kappa shape index (κ2) is 3.98. The summed E-state index contributed by atoms with van der Waals surface area (Å²) in [5, 5.41) is 1.73. The van der Waals surface area contributed by atoms with Gasteiger partial charge >= 0.3 is 6.30 Å². The summed E-state index contributed by atoms with van der Waals surface area (Å²) in [6.07, 6.45) is -4.36. The van der Waals surface area contributed by atoms with Crippen molar-refractivity contribution in [2.75, 3.05) is 0 Å². The van der Waals surface area contributed by atoms with Gasteiger partial charge in [-0.3, -0.25) is 0 Å². The average Bonchev–Trinajstić information content (AvgIpc) is 2.01. The zero-order valence-corrected chi connectivity index (χ0v) is 7.28. The molecule has 0 aliphatic rings. The van der Waals surface area contributed by atoms with E-state index in [0.29, 0.717) is 10.6 Å². The van der Waals surface area contributed by atoms with Crippen LogP contribution in [0.5, 0.6) is 0 Å². The number of alkyl halides is 3. The summed E-state index contributed by atoms with van der Waals surface area (Å²) in [6, 6.07) is 6.40. The molecule has 0 unspecified atom stereocenters. The summed E-state index contributed by atoms with van der Waals surface area (Å²) in [4.78, 5) is 0. The highest BCUT2D eigenvalue weighted by atomic mass is 35.5. The Labute approximate surface area is 78.5 Å². The first-order valence-electron chi connectivity index (χ1n) is 3.54. The fraction of sp³-hybridized carbons (Fsp3) is 0.250. The van der Waals surface area contributed by atoms with Crippen molar-refractivity contribution in [2.45, 2.75) is 12.8 Å². The molecule has 1 aromatic rings. The van der Waals surface area contributed by atoms with E-state index in [1.807, 2.05) is 0 Å². The highest BCUT2D eigenvalue weighted by Crippen LogP contribution is 2.17. The first-order chi connectivity index (χ1) is 5.99. The SMILES string of the molecule is FC(F)(F)NCc1ccccc1Cl. The van der Waals surface area contributed by atoms with Gasteiger partial charge in [0.05, 0.1) is 0 Å². The van der Waals surface area contributed by atoms with Crippen molar-refractivity contribution in [3.05, 3.63) is 34.9 Å². The van der Waals surface area contributed by atoms with Gasteiger partial charge in [-0.25, -0.2) is 5.32 Å². The van der Waals surface area contributed by atoms with Crippen LogP contribution in [-0.2, 0) is 6.54 Å². The Morgan fingerprint density at radius 1 is 1.23 bits per heavy atom. The molecule has 0 aliphatic carbocycles. The normalized spacial score (nSPS) is 11.7. The van der Waals surface area contributed by atoms with Crippen LogP contribution < -0.4 is 5.32 Å². The molecule has 0 radical (unpaired) electrons. The molecule has 72 valence electrons. The van der Waals surface area contributed by atoms with E-state index in [9.17, 15) is 13.2 Å². The van der Waals surface area contributed by atoms with E-state index in [2.05, 4.69) is 0 Å². The summed E-state index contributed by atoms with van der Waals surface area (Å²) in [5.41, 5.74) is 0.432. The molecule has 1 N–H and O–H groups in total. The standard InChI is InChI=1S/C8H7ClF3N/c9-7-4-2-1-3-6(7)5-13-8(10,11)12/h1-4,13H,5H2. The predicted molar refractivity (Wildman–Crippen MR) is 44.3 cm³/mol. The van der Waals surface area contributed by atoms with Crippen molar-refractivity contribution in [1.29, 1.82) is 0 Å². The van der Waals surface area contributed by atoms with Crippen LogP contribution in [0.2, 0.25) is 5.02 Å². The summed E-state index contributed by atoms with van der Waals surface area (Å²) in [6.45, 7) is -0.302. The summed E-state index contributed by atoms with van der Waals surface area (Å²) in [5.74, 6) is 0. The quantitative estimate of drug-likeness (QED) is 0.739. The van der Waals surface area contributed by atoms with Crippen molar-refractivity contribution in [3.63, 3.8) is 0 Å². The molecule has 1 rings (SSSR count). The maximum Gasteiger partial charge on any atom is 0.457 e. The molecule has 0 saturated carbocycles. The van der Waals surface area contributed by atoms with Crippen LogP contribution in [0.3, 0.4) is 0 Å². The molecule has 0 amide bonds. The molecule has 1 aromatic carbocycles. The van der Waals surface area contributed by atoms with E-state index < -0.39 is 6.30 Å². The minimum absolute atomic E-state index is 0.302. The van der Waals surface area contributed by atoms with Gasteiger partial charge in [0.25, 0.3) is 0 Å². The van der Waals surface area contributed by atoms with Crippen LogP contribution in [-0.4, -0.2) is 6.30 Å². The van der Waals surface area contributed by atoms with Gasteiger partial charge in [0.2, 0.25) is 0 Å². The summed E-state index contributed by atoms with van der Waals surface area (Å²) < 4.78 is 35.2. The lowest BCUT2D eigenvalue weighted by Gasteiger charge is -2.08. The molecule has 0 saturated heterocycles. The number of hydrogen-bond donors (Lipinski definition) is 1. The monoisotopic (exact) mass is 209 g/mol. The third-order valence-corrected chi connectivity index (χ3v) is 1.81. The highest BCUT2D eigenvalue weighted by Gasteiger charge is 2.26. The maximum absolute atomic E-state index is 11.7. The molecule has 5 heteroatoms. The molecule has 1 nitrogen and oxygen atoms in total. The van der Waals surface area contributed by atoms with Gasteiger partial charge in [-0.05, 0) is 11.6 Å².